The Kier molecular flexibility index (Phi) is 47.0. The van der Waals surface area contributed by atoms with Crippen LogP contribution in [0.5, 0.6) is 0 Å². The van der Waals surface area contributed by atoms with E-state index in [1.54, 1.807) is 0 Å². The van der Waals surface area contributed by atoms with E-state index in [1.165, 1.54) is 180 Å². The van der Waals surface area contributed by atoms with Gasteiger partial charge < -0.3 is 65.1 Å². The van der Waals surface area contributed by atoms with Crippen LogP contribution in [0.1, 0.15) is 277 Å². The number of unbranched alkanes of at least 4 members (excludes halogenated alkanes) is 34. The van der Waals surface area contributed by atoms with E-state index in [4.69, 9.17) is 18.9 Å². The number of rotatable bonds is 53. The molecule has 0 radical (unpaired) electrons. The molecule has 14 heteroatoms. The van der Waals surface area contributed by atoms with Gasteiger partial charge in [0.25, 0.3) is 0 Å². The molecule has 0 saturated carbocycles. The molecular weight excluding hydrogens is 1000 g/mol. The lowest BCUT2D eigenvalue weighted by Crippen LogP contribution is -2.65. The van der Waals surface area contributed by atoms with Crippen LogP contribution in [-0.4, -0.2) is 140 Å². The third kappa shape index (κ3) is 35.8. The van der Waals surface area contributed by atoms with E-state index in [-0.39, 0.29) is 12.5 Å². The van der Waals surface area contributed by atoms with Crippen LogP contribution in [0.2, 0.25) is 0 Å². The molecule has 14 nitrogen and oxygen atoms in total. The molecule has 12 unspecified atom stereocenters. The molecule has 2 heterocycles. The molecule has 12 atom stereocenters. The summed E-state index contributed by atoms with van der Waals surface area (Å²) in [4.78, 5) is 13.3. The third-order valence-corrected chi connectivity index (χ3v) is 16.1. The van der Waals surface area contributed by atoms with Crippen molar-refractivity contribution >= 4 is 5.91 Å². The van der Waals surface area contributed by atoms with Crippen LogP contribution in [0.3, 0.4) is 0 Å². The van der Waals surface area contributed by atoms with Crippen LogP contribution < -0.4 is 5.32 Å². The van der Waals surface area contributed by atoms with Crippen molar-refractivity contribution in [2.75, 3.05) is 19.8 Å². The molecule has 2 fully saturated rings. The number of hydrogen-bond donors (Lipinski definition) is 9. The predicted octanol–water partition coefficient (Wildman–Crippen LogP) is 12.2. The summed E-state index contributed by atoms with van der Waals surface area (Å²) in [5.41, 5.74) is 0. The minimum absolute atomic E-state index is 0.211. The van der Waals surface area contributed by atoms with Crippen molar-refractivity contribution in [1.82, 2.24) is 5.32 Å². The normalized spacial score (nSPS) is 24.6. The summed E-state index contributed by atoms with van der Waals surface area (Å²) in [6, 6.07) is -0.834. The Morgan fingerprint density at radius 2 is 0.835 bits per heavy atom. The fraction of sp³-hybridized carbons (Fsp3) is 0.892. The maximum Gasteiger partial charge on any atom is 0.220 e. The summed E-state index contributed by atoms with van der Waals surface area (Å²) in [7, 11) is 0. The maximum atomic E-state index is 13.3. The Balaban J connectivity index is 1.72. The number of ether oxygens (including phenoxy) is 4. The molecule has 1 amide bonds. The Hall–Kier alpha value is -1.79. The Bertz CT molecular complexity index is 1460. The van der Waals surface area contributed by atoms with Gasteiger partial charge in [0.05, 0.1) is 32.0 Å². The second-order valence-corrected chi connectivity index (χ2v) is 23.2. The van der Waals surface area contributed by atoms with Gasteiger partial charge in [-0.05, 0) is 51.4 Å². The summed E-state index contributed by atoms with van der Waals surface area (Å²) in [6.45, 7) is 2.88. The van der Waals surface area contributed by atoms with Crippen LogP contribution in [-0.2, 0) is 23.7 Å². The van der Waals surface area contributed by atoms with Gasteiger partial charge in [-0.15, -0.1) is 0 Å². The number of aliphatic hydroxyl groups excluding tert-OH is 8. The number of aliphatic hydroxyl groups is 8. The molecule has 464 valence electrons. The van der Waals surface area contributed by atoms with Crippen LogP contribution in [0.4, 0.5) is 0 Å². The second kappa shape index (κ2) is 50.7. The van der Waals surface area contributed by atoms with Gasteiger partial charge in [0.2, 0.25) is 5.91 Å². The van der Waals surface area contributed by atoms with E-state index in [1.807, 2.05) is 0 Å². The molecule has 0 aliphatic carbocycles. The van der Waals surface area contributed by atoms with E-state index >= 15 is 0 Å². The van der Waals surface area contributed by atoms with Crippen LogP contribution >= 0.6 is 0 Å². The van der Waals surface area contributed by atoms with Gasteiger partial charge in [0.15, 0.2) is 12.6 Å². The number of hydrogen-bond acceptors (Lipinski definition) is 13. The Labute approximate surface area is 481 Å². The largest absolute Gasteiger partial charge is 0.394 e. The zero-order valence-electron chi connectivity index (χ0n) is 50.1. The quantitative estimate of drug-likeness (QED) is 0.0204. The molecule has 2 aliphatic rings. The van der Waals surface area contributed by atoms with Crippen LogP contribution in [0.25, 0.3) is 0 Å². The monoisotopic (exact) mass is 1120 g/mol. The number of carbonyl (C=O) groups excluding carboxylic acids is 1. The van der Waals surface area contributed by atoms with Crippen molar-refractivity contribution in [2.24, 2.45) is 0 Å². The molecule has 2 saturated heterocycles. The summed E-state index contributed by atoms with van der Waals surface area (Å²) in [5, 5.41) is 87.5. The molecular formula is C65H121NO13. The molecule has 0 aromatic rings. The molecule has 2 rings (SSSR count). The zero-order valence-corrected chi connectivity index (χ0v) is 50.1. The van der Waals surface area contributed by atoms with E-state index in [0.29, 0.717) is 19.3 Å². The predicted molar refractivity (Wildman–Crippen MR) is 318 cm³/mol. The lowest BCUT2D eigenvalue weighted by Gasteiger charge is -2.46. The number of amides is 1. The first-order valence-electron chi connectivity index (χ1n) is 32.7. The number of carbonyl (C=O) groups is 1. The Morgan fingerprint density at radius 3 is 1.28 bits per heavy atom. The van der Waals surface area contributed by atoms with Crippen LogP contribution in [0, 0.1) is 0 Å². The highest BCUT2D eigenvalue weighted by molar-refractivity contribution is 5.76. The molecule has 2 aliphatic heterocycles. The van der Waals surface area contributed by atoms with Crippen molar-refractivity contribution in [1.29, 1.82) is 0 Å². The van der Waals surface area contributed by atoms with Gasteiger partial charge in [-0.2, -0.15) is 0 Å². The molecule has 0 aromatic carbocycles. The maximum absolute atomic E-state index is 13.3. The van der Waals surface area contributed by atoms with Crippen LogP contribution in [0.15, 0.2) is 36.5 Å². The van der Waals surface area contributed by atoms with Crippen molar-refractivity contribution in [3.8, 4) is 0 Å². The van der Waals surface area contributed by atoms with E-state index < -0.39 is 86.8 Å². The first-order valence-corrected chi connectivity index (χ1v) is 32.7. The van der Waals surface area contributed by atoms with Gasteiger partial charge in [0, 0.05) is 6.42 Å². The minimum atomic E-state index is -1.78. The average molecular weight is 1120 g/mol. The highest BCUT2D eigenvalue weighted by Gasteiger charge is 2.51. The lowest BCUT2D eigenvalue weighted by atomic mass is 9.97. The summed E-state index contributed by atoms with van der Waals surface area (Å²) in [5.74, 6) is -0.211. The fourth-order valence-electron chi connectivity index (χ4n) is 10.8. The third-order valence-electron chi connectivity index (χ3n) is 16.1. The van der Waals surface area contributed by atoms with Gasteiger partial charge in [0.1, 0.15) is 48.8 Å². The molecule has 9 N–H and O–H groups in total. The Morgan fingerprint density at radius 1 is 0.456 bits per heavy atom. The summed E-state index contributed by atoms with van der Waals surface area (Å²) >= 11 is 0. The average Bonchev–Trinajstić information content (AvgIpc) is 3.47. The lowest BCUT2D eigenvalue weighted by molar-refractivity contribution is -0.359. The second-order valence-electron chi connectivity index (χ2n) is 23.2. The van der Waals surface area contributed by atoms with Gasteiger partial charge >= 0.3 is 0 Å². The van der Waals surface area contributed by atoms with Crippen molar-refractivity contribution in [3.05, 3.63) is 36.5 Å². The smallest absolute Gasteiger partial charge is 0.220 e. The summed E-state index contributed by atoms with van der Waals surface area (Å²) < 4.78 is 22.9. The zero-order chi connectivity index (χ0) is 57.4. The molecule has 79 heavy (non-hydrogen) atoms. The van der Waals surface area contributed by atoms with Crippen molar-refractivity contribution < 1.29 is 64.6 Å². The number of nitrogens with one attached hydrogen (secondary N) is 1. The van der Waals surface area contributed by atoms with Gasteiger partial charge in [-0.25, -0.2) is 0 Å². The van der Waals surface area contributed by atoms with E-state index in [9.17, 15) is 45.6 Å². The van der Waals surface area contributed by atoms with Gasteiger partial charge in [-0.3, -0.25) is 4.79 Å². The van der Waals surface area contributed by atoms with Crippen molar-refractivity contribution in [3.63, 3.8) is 0 Å². The van der Waals surface area contributed by atoms with E-state index in [2.05, 4.69) is 55.6 Å². The minimum Gasteiger partial charge on any atom is -0.394 e. The fourth-order valence-corrected chi connectivity index (χ4v) is 10.8. The van der Waals surface area contributed by atoms with Gasteiger partial charge in [-0.1, -0.05) is 256 Å². The van der Waals surface area contributed by atoms with E-state index in [0.717, 1.165) is 64.2 Å². The highest BCUT2D eigenvalue weighted by atomic mass is 16.7. The molecule has 0 spiro atoms. The number of allylic oxidation sites excluding steroid dienone is 6. The summed E-state index contributed by atoms with van der Waals surface area (Å²) in [6.07, 6.45) is 45.7. The topological polar surface area (TPSA) is 228 Å². The van der Waals surface area contributed by atoms with Crippen molar-refractivity contribution in [2.45, 2.75) is 351 Å². The highest BCUT2D eigenvalue weighted by Crippen LogP contribution is 2.30. The molecule has 0 aromatic heterocycles. The first kappa shape index (κ1) is 73.3. The SMILES string of the molecule is CCCCCCC/C=C\C/C=C\C/C=C\CCCCCCCCCCC(=O)NC(COC1OC(CO)C(OC2OC(CO)C(O)C(O)C2O)C(O)C1O)C(O)CCCCCCCCCCCCCCCCCCCCCCCC. The molecule has 0 bridgehead atoms. The first-order chi connectivity index (χ1) is 38.6. The standard InChI is InChI=1S/C65H121NO13/c1-3-5-7-9-11-13-15-17-19-21-23-25-27-29-31-33-35-37-39-41-43-45-47-49-57(70)66-53(52-76-64-62(75)60(73)63(56(51-68)78-64)79-65-61(74)59(72)58(71)55(50-67)77-65)54(69)48-46-44-42-40-38-36-34-32-30-28-26-24-22-20-18-16-14-12-10-8-6-4-2/h15,17,21,23,27,29,53-56,58-65,67-69,71-75H,3-14,16,18-20,22,24-26,28,30-52H2,1-2H3,(H,66,70)/b17-15-,23-21-,29-27-.